The van der Waals surface area contributed by atoms with Crippen molar-refractivity contribution in [2.24, 2.45) is 0 Å². The zero-order chi connectivity index (χ0) is 15.8. The fourth-order valence-electron chi connectivity index (χ4n) is 1.84. The summed E-state index contributed by atoms with van der Waals surface area (Å²) < 4.78 is 25.0. The van der Waals surface area contributed by atoms with Crippen molar-refractivity contribution in [3.8, 4) is 0 Å². The molecule has 0 aliphatic carbocycles. The molecule has 2 aromatic rings. The molecule has 1 aromatic heterocycles. The Labute approximate surface area is 160 Å². The molecule has 1 aromatic carbocycles. The first-order valence-electron chi connectivity index (χ1n) is 5.61. The maximum atomic E-state index is 11.8. The van der Waals surface area contributed by atoms with Crippen LogP contribution in [0, 0.1) is 0 Å². The number of carboxylic acid groups (broad SMARTS) is 1. The molecule has 6 nitrogen and oxygen atoms in total. The van der Waals surface area contributed by atoms with Gasteiger partial charge in [0.25, 0.3) is 0 Å². The number of carbonyl (C=O) groups is 1. The van der Waals surface area contributed by atoms with Crippen LogP contribution >= 0.6 is 23.2 Å². The van der Waals surface area contributed by atoms with E-state index in [0.29, 0.717) is 5.02 Å². The molecule has 0 fully saturated rings. The van der Waals surface area contributed by atoms with Crippen LogP contribution in [-0.4, -0.2) is 30.4 Å². The van der Waals surface area contributed by atoms with Gasteiger partial charge in [-0.3, -0.25) is 4.68 Å². The molecule has 10 heteroatoms. The van der Waals surface area contributed by atoms with Crippen LogP contribution in [0.4, 0.5) is 0 Å². The van der Waals surface area contributed by atoms with Gasteiger partial charge in [-0.2, -0.15) is 5.10 Å². The minimum absolute atomic E-state index is 0. The molecule has 22 heavy (non-hydrogen) atoms. The number of halogens is 2. The van der Waals surface area contributed by atoms with Gasteiger partial charge in [0.1, 0.15) is 0 Å². The van der Waals surface area contributed by atoms with Crippen LogP contribution in [0.25, 0.3) is 0 Å². The van der Waals surface area contributed by atoms with Crippen molar-refractivity contribution in [1.82, 2.24) is 9.78 Å². The Morgan fingerprint density at radius 3 is 2.50 bits per heavy atom. The molecule has 0 aliphatic rings. The van der Waals surface area contributed by atoms with E-state index in [9.17, 15) is 18.3 Å². The van der Waals surface area contributed by atoms with Crippen LogP contribution in [0.2, 0.25) is 10.0 Å². The van der Waals surface area contributed by atoms with Crippen LogP contribution in [0.3, 0.4) is 0 Å². The van der Waals surface area contributed by atoms with E-state index in [1.54, 1.807) is 0 Å². The number of nitrogens with zero attached hydrogens (tertiary/aromatic N) is 2. The Kier molecular flexibility index (Phi) is 6.49. The summed E-state index contributed by atoms with van der Waals surface area (Å²) in [5.74, 6) is -1.49. The minimum Gasteiger partial charge on any atom is -0.545 e. The van der Waals surface area contributed by atoms with Gasteiger partial charge < -0.3 is 9.90 Å². The number of aromatic carboxylic acids is 1. The maximum Gasteiger partial charge on any atom is 1.00 e. The molecule has 0 bridgehead atoms. The van der Waals surface area contributed by atoms with Crippen LogP contribution in [0.15, 0.2) is 29.4 Å². The van der Waals surface area contributed by atoms with Crippen molar-refractivity contribution in [3.05, 3.63) is 45.7 Å². The predicted molar refractivity (Wildman–Crippen MR) is 76.3 cm³/mol. The third-order valence-corrected chi connectivity index (χ3v) is 4.55. The second-order valence-electron chi connectivity index (χ2n) is 4.32. The number of hydrogen-bond acceptors (Lipinski definition) is 5. The van der Waals surface area contributed by atoms with Gasteiger partial charge in [0.05, 0.1) is 33.7 Å². The summed E-state index contributed by atoms with van der Waals surface area (Å²) in [5.41, 5.74) is -0.155. The van der Waals surface area contributed by atoms with E-state index < -0.39 is 15.8 Å². The normalized spacial score (nSPS) is 11.0. The number of benzene rings is 1. The minimum atomic E-state index is -3.58. The molecule has 112 valence electrons. The van der Waals surface area contributed by atoms with Gasteiger partial charge in [-0.15, -0.1) is 0 Å². The smallest absolute Gasteiger partial charge is 0.545 e. The largest absolute Gasteiger partial charge is 1.00 e. The molecule has 0 unspecified atom stereocenters. The summed E-state index contributed by atoms with van der Waals surface area (Å²) in [4.78, 5) is 10.9. The second kappa shape index (κ2) is 7.33. The molecule has 0 aliphatic heterocycles. The SMILES string of the molecule is CS(=O)(=O)c1ccc(C(=O)[O-])c(Cl)c1Cn1cc(Cl)cn1.[H+].[Na+]. The van der Waals surface area contributed by atoms with Crippen molar-refractivity contribution < 1.29 is 49.3 Å². The third kappa shape index (κ3) is 4.24. The van der Waals surface area contributed by atoms with Crippen LogP contribution in [0.5, 0.6) is 0 Å². The van der Waals surface area contributed by atoms with Crippen molar-refractivity contribution in [1.29, 1.82) is 0 Å². The van der Waals surface area contributed by atoms with E-state index in [1.165, 1.54) is 23.1 Å². The van der Waals surface area contributed by atoms with E-state index in [-0.39, 0.29) is 58.6 Å². The van der Waals surface area contributed by atoms with E-state index in [2.05, 4.69) is 5.10 Å². The average molecular weight is 372 g/mol. The van der Waals surface area contributed by atoms with Crippen LogP contribution in [0.1, 0.15) is 17.3 Å². The molecule has 0 saturated carbocycles. The summed E-state index contributed by atoms with van der Waals surface area (Å²) in [7, 11) is -3.58. The summed E-state index contributed by atoms with van der Waals surface area (Å²) in [6, 6.07) is 2.29. The van der Waals surface area contributed by atoms with Gasteiger partial charge in [0, 0.05) is 23.6 Å². The maximum absolute atomic E-state index is 11.8. The van der Waals surface area contributed by atoms with E-state index in [1.807, 2.05) is 0 Å². The number of carbonyl (C=O) groups excluding carboxylic acids is 1. The third-order valence-electron chi connectivity index (χ3n) is 2.74. The van der Waals surface area contributed by atoms with Gasteiger partial charge in [0.2, 0.25) is 0 Å². The average Bonchev–Trinajstić information content (AvgIpc) is 2.75. The second-order valence-corrected chi connectivity index (χ2v) is 7.12. The fourth-order valence-corrected chi connectivity index (χ4v) is 3.29. The van der Waals surface area contributed by atoms with Gasteiger partial charge in [-0.25, -0.2) is 8.42 Å². The van der Waals surface area contributed by atoms with E-state index in [0.717, 1.165) is 12.3 Å². The monoisotopic (exact) mass is 371 g/mol. The molecule has 0 saturated heterocycles. The summed E-state index contributed by atoms with van der Waals surface area (Å²) in [6.45, 7) is -0.0327. The molecule has 1 heterocycles. The fraction of sp³-hybridized carbons (Fsp3) is 0.167. The standard InChI is InChI=1S/C12H10Cl2N2O4S.Na/c1-21(19,20)10-3-2-8(12(17)18)11(14)9(10)6-16-5-7(13)4-15-16;/h2-5H,6H2,1H3,(H,17,18);/q;+1. The number of rotatable bonds is 4. The van der Waals surface area contributed by atoms with Gasteiger partial charge in [-0.1, -0.05) is 29.3 Å². The first-order chi connectivity index (χ1) is 9.70. The molecule has 0 atom stereocenters. The van der Waals surface area contributed by atoms with E-state index >= 15 is 0 Å². The first kappa shape index (κ1) is 19.5. The van der Waals surface area contributed by atoms with Gasteiger partial charge in [0.15, 0.2) is 9.84 Å². The molecular formula is C12H10Cl2N2NaO4S+. The van der Waals surface area contributed by atoms with Gasteiger partial charge >= 0.3 is 31.0 Å². The number of aromatic nitrogens is 2. The Morgan fingerprint density at radius 1 is 1.41 bits per heavy atom. The number of hydrogen-bond donors (Lipinski definition) is 0. The topological polar surface area (TPSA) is 92.1 Å². The van der Waals surface area contributed by atoms with Crippen LogP contribution in [-0.2, 0) is 16.4 Å². The van der Waals surface area contributed by atoms with Gasteiger partial charge in [-0.05, 0) is 6.07 Å². The van der Waals surface area contributed by atoms with E-state index in [4.69, 9.17) is 23.2 Å². The summed E-state index contributed by atoms with van der Waals surface area (Å²) >= 11 is 11.8. The zero-order valence-corrected chi connectivity index (χ0v) is 16.0. The summed E-state index contributed by atoms with van der Waals surface area (Å²) in [5, 5.41) is 15.1. The number of sulfone groups is 1. The Balaban J connectivity index is 0.00000242. The van der Waals surface area contributed by atoms with Crippen molar-refractivity contribution >= 4 is 39.0 Å². The molecule has 0 N–H and O–H groups in total. The Morgan fingerprint density at radius 2 is 2.05 bits per heavy atom. The molecule has 0 radical (unpaired) electrons. The Bertz CT molecular complexity index is 826. The van der Waals surface area contributed by atoms with Crippen LogP contribution < -0.4 is 34.7 Å². The molecular weight excluding hydrogens is 362 g/mol. The quantitative estimate of drug-likeness (QED) is 0.586. The van der Waals surface area contributed by atoms with Crippen molar-refractivity contribution in [2.75, 3.05) is 6.26 Å². The Hall–Kier alpha value is -0.570. The molecule has 0 spiro atoms. The molecule has 2 rings (SSSR count). The first-order valence-corrected chi connectivity index (χ1v) is 8.25. The predicted octanol–water partition coefficient (Wildman–Crippen LogP) is -1.88. The van der Waals surface area contributed by atoms with Crippen molar-refractivity contribution in [2.45, 2.75) is 11.4 Å². The van der Waals surface area contributed by atoms with Crippen molar-refractivity contribution in [3.63, 3.8) is 0 Å². The number of carboxylic acids is 1. The summed E-state index contributed by atoms with van der Waals surface area (Å²) in [6.07, 6.45) is 3.85. The molecule has 0 amide bonds. The zero-order valence-electron chi connectivity index (χ0n) is 12.7.